The molecule has 5 N–H and O–H groups in total. The standard InChI is InChI=1S/C19H36N4O8S/c1-3-20-19(28)32-13-16(23-17(26)15(2)22-14-25)18(27)21-5-4-7-29-9-11-31-12-10-30-8-6-24/h14-16,24H,3-13H2,1-2H3,(H,20,28)(H,21,27)(H,22,25)(H,23,26)/t15-,16+/m1/s1. The van der Waals surface area contributed by atoms with Crippen LogP contribution in [-0.2, 0) is 28.6 Å². The fourth-order valence-electron chi connectivity index (χ4n) is 2.13. The molecule has 0 rings (SSSR count). The van der Waals surface area contributed by atoms with Gasteiger partial charge in [0.15, 0.2) is 0 Å². The minimum atomic E-state index is -0.937. The second kappa shape index (κ2) is 20.9. The van der Waals surface area contributed by atoms with Gasteiger partial charge in [0, 0.05) is 25.4 Å². The number of thioether (sulfide) groups is 1. The van der Waals surface area contributed by atoms with Gasteiger partial charge in [-0.2, -0.15) is 0 Å². The van der Waals surface area contributed by atoms with Gasteiger partial charge >= 0.3 is 0 Å². The Hall–Kier alpha value is -1.93. The third-order valence-corrected chi connectivity index (χ3v) is 4.70. The SMILES string of the molecule is CCNC(=O)SC[C@H](NC(=O)[C@@H](C)NC=O)C(=O)NCCCOCCOCCOCCO. The molecule has 0 aromatic carbocycles. The molecule has 186 valence electrons. The molecule has 0 aromatic heterocycles. The van der Waals surface area contributed by atoms with Crippen molar-refractivity contribution in [1.29, 1.82) is 0 Å². The van der Waals surface area contributed by atoms with Gasteiger partial charge in [-0.1, -0.05) is 11.8 Å². The van der Waals surface area contributed by atoms with Gasteiger partial charge in [0.05, 0.1) is 39.6 Å². The largest absolute Gasteiger partial charge is 0.394 e. The van der Waals surface area contributed by atoms with Crippen LogP contribution in [0.5, 0.6) is 0 Å². The van der Waals surface area contributed by atoms with Crippen LogP contribution in [0, 0.1) is 0 Å². The van der Waals surface area contributed by atoms with Gasteiger partial charge in [0.1, 0.15) is 12.1 Å². The lowest BCUT2D eigenvalue weighted by atomic mass is 10.2. The maximum absolute atomic E-state index is 12.5. The number of rotatable bonds is 20. The monoisotopic (exact) mass is 480 g/mol. The summed E-state index contributed by atoms with van der Waals surface area (Å²) < 4.78 is 15.7. The Balaban J connectivity index is 4.17. The highest BCUT2D eigenvalue weighted by molar-refractivity contribution is 8.13. The summed E-state index contributed by atoms with van der Waals surface area (Å²) in [5, 5.41) is 18.4. The Morgan fingerprint density at radius 3 is 2.19 bits per heavy atom. The number of ether oxygens (including phenoxy) is 3. The molecule has 0 heterocycles. The zero-order valence-corrected chi connectivity index (χ0v) is 19.5. The Morgan fingerprint density at radius 1 is 0.969 bits per heavy atom. The molecule has 0 spiro atoms. The van der Waals surface area contributed by atoms with E-state index in [1.54, 1.807) is 6.92 Å². The van der Waals surface area contributed by atoms with Crippen LogP contribution in [0.4, 0.5) is 4.79 Å². The van der Waals surface area contributed by atoms with Gasteiger partial charge in [-0.3, -0.25) is 19.2 Å². The molecule has 4 amide bonds. The average molecular weight is 481 g/mol. The van der Waals surface area contributed by atoms with Crippen LogP contribution < -0.4 is 21.3 Å². The average Bonchev–Trinajstić information content (AvgIpc) is 2.77. The van der Waals surface area contributed by atoms with Crippen molar-refractivity contribution in [3.05, 3.63) is 0 Å². The molecule has 0 saturated carbocycles. The number of aliphatic hydroxyl groups is 1. The van der Waals surface area contributed by atoms with Crippen LogP contribution in [0.25, 0.3) is 0 Å². The molecule has 2 atom stereocenters. The van der Waals surface area contributed by atoms with E-state index in [9.17, 15) is 19.2 Å². The van der Waals surface area contributed by atoms with Gasteiger partial charge in [0.2, 0.25) is 18.2 Å². The van der Waals surface area contributed by atoms with Crippen LogP contribution >= 0.6 is 11.8 Å². The van der Waals surface area contributed by atoms with Gasteiger partial charge < -0.3 is 40.6 Å². The molecular formula is C19H36N4O8S. The van der Waals surface area contributed by atoms with Crippen molar-refractivity contribution in [2.75, 3.05) is 65.1 Å². The molecule has 0 bridgehead atoms. The first-order chi connectivity index (χ1) is 15.5. The first-order valence-corrected chi connectivity index (χ1v) is 11.5. The maximum atomic E-state index is 12.5. The molecule has 0 radical (unpaired) electrons. The van der Waals surface area contributed by atoms with Crippen LogP contribution in [0.2, 0.25) is 0 Å². The number of amides is 4. The highest BCUT2D eigenvalue weighted by Crippen LogP contribution is 2.05. The van der Waals surface area contributed by atoms with E-state index in [1.807, 2.05) is 0 Å². The lowest BCUT2D eigenvalue weighted by Crippen LogP contribution is -2.53. The number of carbonyl (C=O) groups excluding carboxylic acids is 4. The molecule has 0 aliphatic rings. The normalized spacial score (nSPS) is 12.5. The first-order valence-electron chi connectivity index (χ1n) is 10.5. The number of hydrogen-bond donors (Lipinski definition) is 5. The molecule has 0 aliphatic carbocycles. The van der Waals surface area contributed by atoms with Crippen molar-refractivity contribution in [2.45, 2.75) is 32.4 Å². The highest BCUT2D eigenvalue weighted by Gasteiger charge is 2.24. The Morgan fingerprint density at radius 2 is 1.59 bits per heavy atom. The second-order valence-electron chi connectivity index (χ2n) is 6.40. The van der Waals surface area contributed by atoms with Crippen molar-refractivity contribution in [1.82, 2.24) is 21.3 Å². The van der Waals surface area contributed by atoms with E-state index >= 15 is 0 Å². The second-order valence-corrected chi connectivity index (χ2v) is 7.39. The molecule has 12 nitrogen and oxygen atoms in total. The van der Waals surface area contributed by atoms with E-state index in [1.165, 1.54) is 6.92 Å². The smallest absolute Gasteiger partial charge is 0.279 e. The molecule has 0 aromatic rings. The predicted molar refractivity (Wildman–Crippen MR) is 119 cm³/mol. The van der Waals surface area contributed by atoms with Crippen molar-refractivity contribution in [2.24, 2.45) is 0 Å². The van der Waals surface area contributed by atoms with Crippen LogP contribution in [-0.4, -0.2) is 106 Å². The van der Waals surface area contributed by atoms with Gasteiger partial charge in [-0.15, -0.1) is 0 Å². The summed E-state index contributed by atoms with van der Waals surface area (Å²) in [6.07, 6.45) is 0.956. The summed E-state index contributed by atoms with van der Waals surface area (Å²) in [5.74, 6) is -0.911. The molecule has 0 fully saturated rings. The lowest BCUT2D eigenvalue weighted by molar-refractivity contribution is -0.130. The van der Waals surface area contributed by atoms with E-state index in [2.05, 4.69) is 21.3 Å². The molecule has 0 saturated heterocycles. The summed E-state index contributed by atoms with van der Waals surface area (Å²) in [5.41, 5.74) is 0. The van der Waals surface area contributed by atoms with Crippen LogP contribution in [0.3, 0.4) is 0 Å². The first kappa shape index (κ1) is 30.1. The fourth-order valence-corrected chi connectivity index (χ4v) is 2.93. The minimum Gasteiger partial charge on any atom is -0.394 e. The molecule has 0 unspecified atom stereocenters. The fraction of sp³-hybridized carbons (Fsp3) is 0.789. The maximum Gasteiger partial charge on any atom is 0.279 e. The van der Waals surface area contributed by atoms with E-state index in [4.69, 9.17) is 19.3 Å². The Kier molecular flexibility index (Phi) is 19.7. The van der Waals surface area contributed by atoms with Crippen molar-refractivity contribution < 1.29 is 38.5 Å². The summed E-state index contributed by atoms with van der Waals surface area (Å²) >= 11 is 0.890. The van der Waals surface area contributed by atoms with Crippen molar-refractivity contribution in [3.63, 3.8) is 0 Å². The molecular weight excluding hydrogens is 444 g/mol. The summed E-state index contributed by atoms with van der Waals surface area (Å²) in [6, 6.07) is -1.75. The third kappa shape index (κ3) is 16.7. The minimum absolute atomic E-state index is 0.0176. The molecule has 32 heavy (non-hydrogen) atoms. The molecule has 13 heteroatoms. The third-order valence-electron chi connectivity index (χ3n) is 3.79. The number of hydrogen-bond acceptors (Lipinski definition) is 9. The van der Waals surface area contributed by atoms with E-state index in [-0.39, 0.29) is 24.2 Å². The number of nitrogens with one attached hydrogen (secondary N) is 4. The Labute approximate surface area is 192 Å². The van der Waals surface area contributed by atoms with Gasteiger partial charge in [-0.25, -0.2) is 0 Å². The topological polar surface area (TPSA) is 164 Å². The van der Waals surface area contributed by atoms with Crippen LogP contribution in [0.15, 0.2) is 0 Å². The molecule has 0 aliphatic heterocycles. The van der Waals surface area contributed by atoms with Crippen molar-refractivity contribution in [3.8, 4) is 0 Å². The zero-order chi connectivity index (χ0) is 24.0. The van der Waals surface area contributed by atoms with E-state index in [0.717, 1.165) is 11.8 Å². The summed E-state index contributed by atoms with van der Waals surface area (Å²) in [6.45, 7) is 6.37. The zero-order valence-electron chi connectivity index (χ0n) is 18.7. The quantitative estimate of drug-likeness (QED) is 0.104. The number of carbonyl (C=O) groups is 4. The highest BCUT2D eigenvalue weighted by atomic mass is 32.2. The van der Waals surface area contributed by atoms with Crippen LogP contribution in [0.1, 0.15) is 20.3 Å². The van der Waals surface area contributed by atoms with Crippen molar-refractivity contribution >= 4 is 35.2 Å². The number of aliphatic hydroxyl groups excluding tert-OH is 1. The predicted octanol–water partition coefficient (Wildman–Crippen LogP) is -1.38. The Bertz CT molecular complexity index is 541. The lowest BCUT2D eigenvalue weighted by Gasteiger charge is -2.20. The van der Waals surface area contributed by atoms with Gasteiger partial charge in [0.25, 0.3) is 5.24 Å². The summed E-state index contributed by atoms with van der Waals surface area (Å²) in [7, 11) is 0. The van der Waals surface area contributed by atoms with E-state index in [0.29, 0.717) is 59.0 Å². The summed E-state index contributed by atoms with van der Waals surface area (Å²) in [4.78, 5) is 46.8. The van der Waals surface area contributed by atoms with Gasteiger partial charge in [-0.05, 0) is 20.3 Å². The van der Waals surface area contributed by atoms with E-state index < -0.39 is 23.9 Å².